The lowest BCUT2D eigenvalue weighted by atomic mass is 9.80. The van der Waals surface area contributed by atoms with E-state index < -0.39 is 0 Å². The Morgan fingerprint density at radius 2 is 0.942 bits per heavy atom. The van der Waals surface area contributed by atoms with Crippen molar-refractivity contribution in [1.29, 1.82) is 0 Å². The molecule has 0 spiro atoms. The highest BCUT2D eigenvalue weighted by Gasteiger charge is 2.40. The Bertz CT molecular complexity index is 2810. The minimum Gasteiger partial charge on any atom is -0.456 e. The summed E-state index contributed by atoms with van der Waals surface area (Å²) in [5.41, 5.74) is 16.2. The summed E-state index contributed by atoms with van der Waals surface area (Å²) in [6.07, 6.45) is 0. The first-order valence-electron chi connectivity index (χ1n) is 17.8. The van der Waals surface area contributed by atoms with Gasteiger partial charge in [0.25, 0.3) is 0 Å². The van der Waals surface area contributed by atoms with Crippen molar-refractivity contribution in [2.24, 2.45) is 0 Å². The third kappa shape index (κ3) is 4.89. The van der Waals surface area contributed by atoms with Gasteiger partial charge in [-0.3, -0.25) is 0 Å². The monoisotopic (exact) mass is 666 g/mol. The molecule has 7 aromatic carbocycles. The first kappa shape index (κ1) is 30.3. The fourth-order valence-corrected chi connectivity index (χ4v) is 8.03. The second-order valence-corrected chi connectivity index (χ2v) is 14.2. The Morgan fingerprint density at radius 3 is 1.73 bits per heavy atom. The first-order chi connectivity index (χ1) is 25.5. The van der Waals surface area contributed by atoms with E-state index in [9.17, 15) is 0 Å². The van der Waals surface area contributed by atoms with Crippen LogP contribution in [0.5, 0.6) is 0 Å². The maximum atomic E-state index is 6.11. The quantitative estimate of drug-likeness (QED) is 0.183. The summed E-state index contributed by atoms with van der Waals surface area (Å²) in [7, 11) is 0. The van der Waals surface area contributed by atoms with E-state index in [1.54, 1.807) is 0 Å². The number of fused-ring (bicyclic) bond motifs is 6. The molecule has 9 aromatic rings. The SMILES string of the molecule is CC1(C)c2ccccc2-c2nc(-c3ccc(-c4ccccc4)cc3)nc(-c3cccc(-c4cccc(-c5ccc6oc7ccccc7c6c5)c4)c3)c21. The van der Waals surface area contributed by atoms with Crippen LogP contribution >= 0.6 is 0 Å². The van der Waals surface area contributed by atoms with Gasteiger partial charge in [0.2, 0.25) is 0 Å². The van der Waals surface area contributed by atoms with Gasteiger partial charge < -0.3 is 4.42 Å². The molecule has 0 amide bonds. The molecular formula is C49H34N2O. The van der Waals surface area contributed by atoms with E-state index in [-0.39, 0.29) is 5.41 Å². The predicted molar refractivity (Wildman–Crippen MR) is 214 cm³/mol. The number of furan rings is 1. The van der Waals surface area contributed by atoms with Crippen LogP contribution in [0.15, 0.2) is 174 Å². The lowest BCUT2D eigenvalue weighted by molar-refractivity contribution is 0.658. The first-order valence-corrected chi connectivity index (χ1v) is 17.8. The van der Waals surface area contributed by atoms with Gasteiger partial charge in [0.15, 0.2) is 5.82 Å². The summed E-state index contributed by atoms with van der Waals surface area (Å²) in [6, 6.07) is 60.1. The zero-order valence-electron chi connectivity index (χ0n) is 29.0. The van der Waals surface area contributed by atoms with Crippen LogP contribution in [0, 0.1) is 0 Å². The van der Waals surface area contributed by atoms with Gasteiger partial charge in [0, 0.05) is 38.4 Å². The number of hydrogen-bond donors (Lipinski definition) is 0. The van der Waals surface area contributed by atoms with Gasteiger partial charge in [-0.05, 0) is 69.3 Å². The minimum atomic E-state index is -0.261. The van der Waals surface area contributed by atoms with Crippen molar-refractivity contribution in [2.45, 2.75) is 19.3 Å². The van der Waals surface area contributed by atoms with Gasteiger partial charge >= 0.3 is 0 Å². The molecule has 0 radical (unpaired) electrons. The molecular weight excluding hydrogens is 633 g/mol. The van der Waals surface area contributed by atoms with E-state index in [1.807, 2.05) is 18.2 Å². The van der Waals surface area contributed by atoms with Crippen LogP contribution in [-0.4, -0.2) is 9.97 Å². The van der Waals surface area contributed by atoms with Crippen molar-refractivity contribution in [3.63, 3.8) is 0 Å². The lowest BCUT2D eigenvalue weighted by Gasteiger charge is -2.24. The molecule has 10 rings (SSSR count). The average molecular weight is 667 g/mol. The zero-order valence-corrected chi connectivity index (χ0v) is 29.0. The number of aromatic nitrogens is 2. The molecule has 52 heavy (non-hydrogen) atoms. The molecule has 0 saturated carbocycles. The van der Waals surface area contributed by atoms with Crippen molar-refractivity contribution < 1.29 is 4.42 Å². The molecule has 0 atom stereocenters. The number of hydrogen-bond acceptors (Lipinski definition) is 3. The molecule has 0 unspecified atom stereocenters. The molecule has 3 heteroatoms. The second kappa shape index (κ2) is 11.8. The number of rotatable bonds is 5. The Morgan fingerprint density at radius 1 is 0.404 bits per heavy atom. The molecule has 0 saturated heterocycles. The van der Waals surface area contributed by atoms with Gasteiger partial charge in [0.05, 0.1) is 11.4 Å². The molecule has 2 heterocycles. The normalized spacial score (nSPS) is 13.0. The van der Waals surface area contributed by atoms with E-state index in [0.717, 1.165) is 72.5 Å². The standard InChI is InChI=1S/C49H34N2O/c1-49(2)42-20-8-6-19-40(42)47-45(49)46(50-48(51-47)33-24-22-32(23-25-33)31-12-4-3-5-13-31)38-17-11-16-36(29-38)34-14-10-15-35(28-34)37-26-27-44-41(30-37)39-18-7-9-21-43(39)52-44/h3-30H,1-2H3. The lowest BCUT2D eigenvalue weighted by Crippen LogP contribution is -2.17. The van der Waals surface area contributed by atoms with Crippen molar-refractivity contribution in [3.05, 3.63) is 181 Å². The Hall–Kier alpha value is -6.58. The van der Waals surface area contributed by atoms with Gasteiger partial charge in [-0.2, -0.15) is 0 Å². The highest BCUT2D eigenvalue weighted by Crippen LogP contribution is 2.51. The van der Waals surface area contributed by atoms with E-state index in [4.69, 9.17) is 14.4 Å². The van der Waals surface area contributed by atoms with E-state index >= 15 is 0 Å². The van der Waals surface area contributed by atoms with Crippen molar-refractivity contribution in [2.75, 3.05) is 0 Å². The van der Waals surface area contributed by atoms with Gasteiger partial charge in [-0.25, -0.2) is 9.97 Å². The topological polar surface area (TPSA) is 38.9 Å². The van der Waals surface area contributed by atoms with Crippen LogP contribution in [0.1, 0.15) is 25.0 Å². The molecule has 0 aliphatic heterocycles. The van der Waals surface area contributed by atoms with Crippen LogP contribution < -0.4 is 0 Å². The fourth-order valence-electron chi connectivity index (χ4n) is 8.03. The molecule has 0 fully saturated rings. The number of para-hydroxylation sites is 1. The molecule has 2 aromatic heterocycles. The summed E-state index contributed by atoms with van der Waals surface area (Å²) in [5, 5.41) is 2.27. The van der Waals surface area contributed by atoms with Gasteiger partial charge in [0.1, 0.15) is 11.2 Å². The third-order valence-corrected chi connectivity index (χ3v) is 10.7. The Kier molecular flexibility index (Phi) is 6.84. The predicted octanol–water partition coefficient (Wildman–Crippen LogP) is 13.0. The van der Waals surface area contributed by atoms with Crippen LogP contribution in [0.25, 0.3) is 89.2 Å². The Labute approximate surface area is 302 Å². The van der Waals surface area contributed by atoms with E-state index in [1.165, 1.54) is 27.8 Å². The number of nitrogens with zero attached hydrogens (tertiary/aromatic N) is 2. The number of benzene rings is 7. The average Bonchev–Trinajstić information content (AvgIpc) is 3.69. The summed E-state index contributed by atoms with van der Waals surface area (Å²) in [4.78, 5) is 10.7. The van der Waals surface area contributed by atoms with Crippen LogP contribution in [0.4, 0.5) is 0 Å². The molecule has 0 N–H and O–H groups in total. The van der Waals surface area contributed by atoms with Crippen molar-refractivity contribution in [3.8, 4) is 67.3 Å². The van der Waals surface area contributed by atoms with Crippen LogP contribution in [-0.2, 0) is 5.41 Å². The molecule has 246 valence electrons. The molecule has 0 bridgehead atoms. The summed E-state index contributed by atoms with van der Waals surface area (Å²) < 4.78 is 6.11. The third-order valence-electron chi connectivity index (χ3n) is 10.7. The molecule has 1 aliphatic rings. The Balaban J connectivity index is 1.09. The highest BCUT2D eigenvalue weighted by atomic mass is 16.3. The smallest absolute Gasteiger partial charge is 0.160 e. The van der Waals surface area contributed by atoms with Gasteiger partial charge in [-0.15, -0.1) is 0 Å². The van der Waals surface area contributed by atoms with Gasteiger partial charge in [-0.1, -0.05) is 153 Å². The minimum absolute atomic E-state index is 0.261. The second-order valence-electron chi connectivity index (χ2n) is 14.2. The molecule has 3 nitrogen and oxygen atoms in total. The largest absolute Gasteiger partial charge is 0.456 e. The maximum absolute atomic E-state index is 6.11. The van der Waals surface area contributed by atoms with Crippen molar-refractivity contribution in [1.82, 2.24) is 9.97 Å². The van der Waals surface area contributed by atoms with Crippen LogP contribution in [0.3, 0.4) is 0 Å². The van der Waals surface area contributed by atoms with E-state index in [0.29, 0.717) is 0 Å². The van der Waals surface area contributed by atoms with E-state index in [2.05, 4.69) is 166 Å². The van der Waals surface area contributed by atoms with Crippen molar-refractivity contribution >= 4 is 21.9 Å². The fraction of sp³-hybridized carbons (Fsp3) is 0.0612. The molecule has 1 aliphatic carbocycles. The summed E-state index contributed by atoms with van der Waals surface area (Å²) >= 11 is 0. The highest BCUT2D eigenvalue weighted by molar-refractivity contribution is 6.06. The summed E-state index contributed by atoms with van der Waals surface area (Å²) in [6.45, 7) is 4.60. The van der Waals surface area contributed by atoms with Crippen LogP contribution in [0.2, 0.25) is 0 Å². The zero-order chi connectivity index (χ0) is 34.8. The maximum Gasteiger partial charge on any atom is 0.160 e. The summed E-state index contributed by atoms with van der Waals surface area (Å²) in [5.74, 6) is 0.732.